The third-order valence-corrected chi connectivity index (χ3v) is 5.36. The van der Waals surface area contributed by atoms with Crippen LogP contribution in [0.3, 0.4) is 0 Å². The van der Waals surface area contributed by atoms with Crippen molar-refractivity contribution < 1.29 is 14.4 Å². The van der Waals surface area contributed by atoms with Crippen molar-refractivity contribution in [3.8, 4) is 0 Å². The van der Waals surface area contributed by atoms with E-state index in [9.17, 15) is 14.4 Å². The number of likely N-dealkylation sites (tertiary alicyclic amines) is 1. The quantitative estimate of drug-likeness (QED) is 0.726. The summed E-state index contributed by atoms with van der Waals surface area (Å²) in [6.07, 6.45) is 5.36. The molecule has 1 atom stereocenters. The number of hydrogen-bond donors (Lipinski definition) is 2. The van der Waals surface area contributed by atoms with Crippen LogP contribution in [0.15, 0.2) is 0 Å². The average molecular weight is 359 g/mol. The normalized spacial score (nSPS) is 25.8. The lowest BCUT2D eigenvalue weighted by molar-refractivity contribution is -0.139. The zero-order valence-corrected chi connectivity index (χ0v) is 15.0. The summed E-state index contributed by atoms with van der Waals surface area (Å²) in [4.78, 5) is 40.2. The smallest absolute Gasteiger partial charge is 0.325 e. The van der Waals surface area contributed by atoms with Crippen LogP contribution in [0.1, 0.15) is 38.5 Å². The molecule has 0 aromatic carbocycles. The van der Waals surface area contributed by atoms with Crippen molar-refractivity contribution in [3.63, 3.8) is 0 Å². The van der Waals surface area contributed by atoms with Crippen LogP contribution in [0.2, 0.25) is 0 Å². The Morgan fingerprint density at radius 2 is 2.00 bits per heavy atom. The number of rotatable bonds is 4. The minimum Gasteiger partial charge on any atom is -0.341 e. The first-order chi connectivity index (χ1) is 11.1. The van der Waals surface area contributed by atoms with Crippen LogP contribution >= 0.6 is 12.4 Å². The minimum absolute atomic E-state index is 0. The number of imide groups is 1. The zero-order valence-electron chi connectivity index (χ0n) is 14.2. The van der Waals surface area contributed by atoms with E-state index in [4.69, 9.17) is 0 Å². The Bertz CT molecular complexity index is 506. The topological polar surface area (TPSA) is 81.8 Å². The number of carbonyl (C=O) groups excluding carboxylic acids is 3. The lowest BCUT2D eigenvalue weighted by Crippen LogP contribution is -2.48. The number of hydrogen-bond acceptors (Lipinski definition) is 4. The molecule has 1 saturated carbocycles. The second-order valence-corrected chi connectivity index (χ2v) is 7.02. The molecule has 4 amide bonds. The standard InChI is InChI=1S/C16H26N4O3.ClH/c1-17-9-12-5-4-8-19(10-12)13(21)11-20-14(22)16(18-15(20)23)6-2-3-7-16;/h12,17H,2-11H2,1H3,(H,18,23);1H. The number of halogens is 1. The summed E-state index contributed by atoms with van der Waals surface area (Å²) in [5, 5.41) is 5.97. The van der Waals surface area contributed by atoms with E-state index in [1.165, 1.54) is 0 Å². The van der Waals surface area contributed by atoms with Crippen LogP contribution in [-0.2, 0) is 9.59 Å². The lowest BCUT2D eigenvalue weighted by Gasteiger charge is -2.33. The summed E-state index contributed by atoms with van der Waals surface area (Å²) in [6, 6.07) is -0.408. The van der Waals surface area contributed by atoms with E-state index in [0.717, 1.165) is 37.1 Å². The number of piperidine rings is 1. The van der Waals surface area contributed by atoms with Crippen molar-refractivity contribution in [2.24, 2.45) is 5.92 Å². The first-order valence-electron chi connectivity index (χ1n) is 8.62. The predicted octanol–water partition coefficient (Wildman–Crippen LogP) is 0.731. The molecule has 2 aliphatic heterocycles. The Hall–Kier alpha value is -1.34. The summed E-state index contributed by atoms with van der Waals surface area (Å²) in [7, 11) is 1.91. The van der Waals surface area contributed by atoms with Gasteiger partial charge in [-0.05, 0) is 45.2 Å². The Balaban J connectivity index is 0.00000208. The van der Waals surface area contributed by atoms with E-state index in [1.807, 2.05) is 7.05 Å². The Kier molecular flexibility index (Phi) is 6.09. The number of urea groups is 1. The molecule has 0 radical (unpaired) electrons. The van der Waals surface area contributed by atoms with Crippen molar-refractivity contribution in [2.45, 2.75) is 44.1 Å². The molecule has 0 aromatic heterocycles. The van der Waals surface area contributed by atoms with Crippen LogP contribution in [0.5, 0.6) is 0 Å². The second kappa shape index (κ2) is 7.70. The molecule has 2 N–H and O–H groups in total. The van der Waals surface area contributed by atoms with Gasteiger partial charge >= 0.3 is 6.03 Å². The maximum Gasteiger partial charge on any atom is 0.325 e. The highest BCUT2D eigenvalue weighted by molar-refractivity contribution is 6.09. The van der Waals surface area contributed by atoms with Gasteiger partial charge in [-0.15, -0.1) is 12.4 Å². The van der Waals surface area contributed by atoms with Crippen molar-refractivity contribution >= 4 is 30.3 Å². The monoisotopic (exact) mass is 358 g/mol. The summed E-state index contributed by atoms with van der Waals surface area (Å²) in [6.45, 7) is 2.18. The van der Waals surface area contributed by atoms with E-state index in [-0.39, 0.29) is 30.8 Å². The third-order valence-electron chi connectivity index (χ3n) is 5.36. The molecular weight excluding hydrogens is 332 g/mol. The summed E-state index contributed by atoms with van der Waals surface area (Å²) in [5.41, 5.74) is -0.728. The molecule has 0 bridgehead atoms. The van der Waals surface area contributed by atoms with Crippen molar-refractivity contribution in [2.75, 3.05) is 33.2 Å². The van der Waals surface area contributed by atoms with E-state index in [2.05, 4.69) is 10.6 Å². The molecule has 7 nitrogen and oxygen atoms in total. The third kappa shape index (κ3) is 3.52. The Morgan fingerprint density at radius 3 is 2.67 bits per heavy atom. The Morgan fingerprint density at radius 1 is 1.29 bits per heavy atom. The van der Waals surface area contributed by atoms with Crippen LogP contribution in [0.4, 0.5) is 4.79 Å². The Labute approximate surface area is 148 Å². The van der Waals surface area contributed by atoms with Crippen LogP contribution in [-0.4, -0.2) is 66.4 Å². The first kappa shape index (κ1) is 19.0. The summed E-state index contributed by atoms with van der Waals surface area (Å²) in [5.74, 6) is 0.114. The lowest BCUT2D eigenvalue weighted by atomic mass is 9.97. The molecule has 24 heavy (non-hydrogen) atoms. The first-order valence-corrected chi connectivity index (χ1v) is 8.62. The maximum atomic E-state index is 12.6. The van der Waals surface area contributed by atoms with E-state index in [1.54, 1.807) is 4.90 Å². The number of nitrogens with one attached hydrogen (secondary N) is 2. The molecule has 136 valence electrons. The second-order valence-electron chi connectivity index (χ2n) is 7.02. The van der Waals surface area contributed by atoms with Gasteiger partial charge in [0.2, 0.25) is 5.91 Å². The molecule has 3 rings (SSSR count). The summed E-state index contributed by atoms with van der Waals surface area (Å²) < 4.78 is 0. The SMILES string of the molecule is CNCC1CCCN(C(=O)CN2C(=O)NC3(CCCC3)C2=O)C1.Cl. The van der Waals surface area contributed by atoms with Gasteiger partial charge in [0.25, 0.3) is 5.91 Å². The summed E-state index contributed by atoms with van der Waals surface area (Å²) >= 11 is 0. The molecule has 3 aliphatic rings. The molecule has 2 saturated heterocycles. The molecule has 2 heterocycles. The highest BCUT2D eigenvalue weighted by Crippen LogP contribution is 2.35. The maximum absolute atomic E-state index is 12.6. The number of carbonyl (C=O) groups is 3. The van der Waals surface area contributed by atoms with Gasteiger partial charge in [0.05, 0.1) is 0 Å². The van der Waals surface area contributed by atoms with E-state index < -0.39 is 11.6 Å². The molecule has 1 aliphatic carbocycles. The predicted molar refractivity (Wildman–Crippen MR) is 91.9 cm³/mol. The van der Waals surface area contributed by atoms with Gasteiger partial charge in [-0.3, -0.25) is 14.5 Å². The van der Waals surface area contributed by atoms with Gasteiger partial charge < -0.3 is 15.5 Å². The van der Waals surface area contributed by atoms with Gasteiger partial charge in [0, 0.05) is 13.1 Å². The zero-order chi connectivity index (χ0) is 16.4. The largest absolute Gasteiger partial charge is 0.341 e. The molecule has 8 heteroatoms. The van der Waals surface area contributed by atoms with Crippen molar-refractivity contribution in [1.82, 2.24) is 20.4 Å². The fourth-order valence-electron chi connectivity index (χ4n) is 4.12. The molecule has 1 unspecified atom stereocenters. The van der Waals surface area contributed by atoms with E-state index in [0.29, 0.717) is 31.8 Å². The fraction of sp³-hybridized carbons (Fsp3) is 0.812. The molecule has 3 fully saturated rings. The van der Waals surface area contributed by atoms with Crippen LogP contribution in [0, 0.1) is 5.92 Å². The van der Waals surface area contributed by atoms with Crippen LogP contribution < -0.4 is 10.6 Å². The van der Waals surface area contributed by atoms with Crippen LogP contribution in [0.25, 0.3) is 0 Å². The highest BCUT2D eigenvalue weighted by Gasteiger charge is 2.52. The van der Waals surface area contributed by atoms with Gasteiger partial charge in [-0.2, -0.15) is 0 Å². The van der Waals surface area contributed by atoms with Crippen molar-refractivity contribution in [3.05, 3.63) is 0 Å². The average Bonchev–Trinajstić information content (AvgIpc) is 3.09. The van der Waals surface area contributed by atoms with E-state index >= 15 is 0 Å². The molecular formula is C16H27ClN4O3. The van der Waals surface area contributed by atoms with Crippen molar-refractivity contribution in [1.29, 1.82) is 0 Å². The number of nitrogens with zero attached hydrogens (tertiary/aromatic N) is 2. The minimum atomic E-state index is -0.728. The van der Waals surface area contributed by atoms with Gasteiger partial charge in [0.15, 0.2) is 0 Å². The molecule has 1 spiro atoms. The van der Waals surface area contributed by atoms with Gasteiger partial charge in [-0.1, -0.05) is 12.8 Å². The highest BCUT2D eigenvalue weighted by atomic mass is 35.5. The van der Waals surface area contributed by atoms with Gasteiger partial charge in [0.1, 0.15) is 12.1 Å². The molecule has 0 aromatic rings. The van der Waals surface area contributed by atoms with Gasteiger partial charge in [-0.25, -0.2) is 4.79 Å². The fourth-order valence-corrected chi connectivity index (χ4v) is 4.12. The number of amides is 4.